The first-order valence-electron chi connectivity index (χ1n) is 7.59. The average molecular weight is 343 g/mol. The number of Topliss-reactive ketones (excluding diaryl/α,β-unsaturated/α-hetero) is 1. The lowest BCUT2D eigenvalue weighted by Crippen LogP contribution is -2.12. The van der Waals surface area contributed by atoms with Crippen LogP contribution in [0, 0.1) is 0 Å². The molecule has 1 aliphatic carbocycles. The largest absolute Gasteiger partial charge is 0.289 e. The Morgan fingerprint density at radius 1 is 0.696 bits per heavy atom. The molecule has 0 N–H and O–H groups in total. The van der Waals surface area contributed by atoms with E-state index in [1.807, 2.05) is 60.7 Å². The molecule has 0 aliphatic heterocycles. The van der Waals surface area contributed by atoms with E-state index in [1.165, 1.54) is 0 Å². The molecule has 3 heteroatoms. The third-order valence-corrected chi connectivity index (χ3v) is 4.40. The molecule has 0 saturated heterocycles. The number of benzene rings is 2. The zero-order valence-electron chi connectivity index (χ0n) is 12.6. The molecule has 0 amide bonds. The van der Waals surface area contributed by atoms with Crippen LogP contribution in [0.1, 0.15) is 30.4 Å². The summed E-state index contributed by atoms with van der Waals surface area (Å²) in [6, 6.07) is 15.1. The first-order chi connectivity index (χ1) is 11.1. The lowest BCUT2D eigenvalue weighted by molar-refractivity contribution is -0.112. The van der Waals surface area contributed by atoms with Crippen molar-refractivity contribution in [3.63, 3.8) is 0 Å². The van der Waals surface area contributed by atoms with Gasteiger partial charge in [0.25, 0.3) is 0 Å². The summed E-state index contributed by atoms with van der Waals surface area (Å²) in [4.78, 5) is 12.7. The Morgan fingerprint density at radius 2 is 1.09 bits per heavy atom. The summed E-state index contributed by atoms with van der Waals surface area (Å²) in [7, 11) is 0. The molecular formula is C20H16Cl2O. The maximum Gasteiger partial charge on any atom is 0.185 e. The lowest BCUT2D eigenvalue weighted by atomic mass is 9.87. The van der Waals surface area contributed by atoms with Gasteiger partial charge in [0, 0.05) is 21.2 Å². The van der Waals surface area contributed by atoms with Gasteiger partial charge in [-0.15, -0.1) is 0 Å². The van der Waals surface area contributed by atoms with Crippen LogP contribution in [0.3, 0.4) is 0 Å². The van der Waals surface area contributed by atoms with Gasteiger partial charge in [0.15, 0.2) is 5.78 Å². The van der Waals surface area contributed by atoms with Gasteiger partial charge < -0.3 is 0 Å². The average Bonchev–Trinajstić information content (AvgIpc) is 2.55. The van der Waals surface area contributed by atoms with Crippen LogP contribution in [0.2, 0.25) is 10.0 Å². The van der Waals surface area contributed by atoms with E-state index in [9.17, 15) is 4.79 Å². The lowest BCUT2D eigenvalue weighted by Gasteiger charge is -2.16. The number of allylic oxidation sites excluding steroid dienone is 2. The molecular weight excluding hydrogens is 327 g/mol. The van der Waals surface area contributed by atoms with E-state index in [2.05, 4.69) is 0 Å². The minimum atomic E-state index is 0.140. The van der Waals surface area contributed by atoms with E-state index >= 15 is 0 Å². The number of hydrogen-bond donors (Lipinski definition) is 0. The number of ketones is 1. The van der Waals surface area contributed by atoms with Crippen molar-refractivity contribution in [2.75, 3.05) is 0 Å². The molecule has 1 fully saturated rings. The van der Waals surface area contributed by atoms with E-state index in [0.717, 1.165) is 41.5 Å². The molecule has 2 aromatic rings. The predicted octanol–water partition coefficient (Wildman–Crippen LogP) is 6.21. The highest BCUT2D eigenvalue weighted by Crippen LogP contribution is 2.28. The number of carbonyl (C=O) groups is 1. The number of hydrogen-bond acceptors (Lipinski definition) is 1. The standard InChI is InChI=1S/C20H16Cl2O/c21-18-8-4-14(5-9-18)12-16-2-1-3-17(20(16)23)13-15-6-10-19(22)11-7-15/h4-13H,1-3H2. The number of halogens is 2. The van der Waals surface area contributed by atoms with Gasteiger partial charge in [0.2, 0.25) is 0 Å². The Bertz CT molecular complexity index is 703. The Balaban J connectivity index is 1.86. The van der Waals surface area contributed by atoms with Crippen molar-refractivity contribution in [2.24, 2.45) is 0 Å². The minimum Gasteiger partial charge on any atom is -0.289 e. The fourth-order valence-corrected chi connectivity index (χ4v) is 2.95. The summed E-state index contributed by atoms with van der Waals surface area (Å²) < 4.78 is 0. The molecule has 1 nitrogen and oxygen atoms in total. The molecule has 0 atom stereocenters. The van der Waals surface area contributed by atoms with Crippen molar-refractivity contribution in [1.82, 2.24) is 0 Å². The van der Waals surface area contributed by atoms with Gasteiger partial charge in [-0.25, -0.2) is 0 Å². The Kier molecular flexibility index (Phi) is 5.00. The number of carbonyl (C=O) groups excluding carboxylic acids is 1. The molecule has 0 spiro atoms. The molecule has 0 unspecified atom stereocenters. The maximum absolute atomic E-state index is 12.7. The van der Waals surface area contributed by atoms with Crippen LogP contribution in [0.4, 0.5) is 0 Å². The van der Waals surface area contributed by atoms with E-state index < -0.39 is 0 Å². The molecule has 0 heterocycles. The smallest absolute Gasteiger partial charge is 0.185 e. The third kappa shape index (κ3) is 4.13. The van der Waals surface area contributed by atoms with E-state index in [4.69, 9.17) is 23.2 Å². The van der Waals surface area contributed by atoms with Crippen LogP contribution in [0.15, 0.2) is 59.7 Å². The molecule has 116 valence electrons. The molecule has 3 rings (SSSR count). The highest BCUT2D eigenvalue weighted by atomic mass is 35.5. The third-order valence-electron chi connectivity index (χ3n) is 3.90. The highest BCUT2D eigenvalue weighted by molar-refractivity contribution is 6.30. The first-order valence-corrected chi connectivity index (χ1v) is 8.34. The predicted molar refractivity (Wildman–Crippen MR) is 97.7 cm³/mol. The van der Waals surface area contributed by atoms with Crippen LogP contribution in [0.5, 0.6) is 0 Å². The second kappa shape index (κ2) is 7.16. The summed E-state index contributed by atoms with van der Waals surface area (Å²) >= 11 is 11.8. The first kappa shape index (κ1) is 16.0. The van der Waals surface area contributed by atoms with Crippen molar-refractivity contribution in [3.8, 4) is 0 Å². The summed E-state index contributed by atoms with van der Waals surface area (Å²) in [5, 5.41) is 1.40. The van der Waals surface area contributed by atoms with Gasteiger partial charge in [-0.3, -0.25) is 4.79 Å². The second-order valence-corrected chi connectivity index (χ2v) is 6.50. The fourth-order valence-electron chi connectivity index (χ4n) is 2.70. The maximum atomic E-state index is 12.7. The van der Waals surface area contributed by atoms with Crippen LogP contribution >= 0.6 is 23.2 Å². The molecule has 1 aliphatic rings. The quantitative estimate of drug-likeness (QED) is 0.592. The topological polar surface area (TPSA) is 17.1 Å². The second-order valence-electron chi connectivity index (χ2n) is 5.62. The number of rotatable bonds is 2. The Morgan fingerprint density at radius 3 is 1.48 bits per heavy atom. The molecule has 23 heavy (non-hydrogen) atoms. The van der Waals surface area contributed by atoms with Gasteiger partial charge in [0.1, 0.15) is 0 Å². The van der Waals surface area contributed by atoms with Crippen LogP contribution in [-0.2, 0) is 4.79 Å². The van der Waals surface area contributed by atoms with E-state index in [1.54, 1.807) is 0 Å². The van der Waals surface area contributed by atoms with Crippen molar-refractivity contribution in [1.29, 1.82) is 0 Å². The summed E-state index contributed by atoms with van der Waals surface area (Å²) in [5.74, 6) is 0.140. The molecule has 1 saturated carbocycles. The molecule has 2 aromatic carbocycles. The molecule has 0 aromatic heterocycles. The minimum absolute atomic E-state index is 0.140. The van der Waals surface area contributed by atoms with E-state index in [-0.39, 0.29) is 5.78 Å². The normalized spacial score (nSPS) is 18.6. The van der Waals surface area contributed by atoms with Crippen molar-refractivity contribution in [3.05, 3.63) is 80.8 Å². The highest BCUT2D eigenvalue weighted by Gasteiger charge is 2.20. The van der Waals surface area contributed by atoms with Gasteiger partial charge in [-0.2, -0.15) is 0 Å². The summed E-state index contributed by atoms with van der Waals surface area (Å²) in [5.41, 5.74) is 3.73. The van der Waals surface area contributed by atoms with Crippen molar-refractivity contribution in [2.45, 2.75) is 19.3 Å². The summed E-state index contributed by atoms with van der Waals surface area (Å²) in [6.07, 6.45) is 6.56. The van der Waals surface area contributed by atoms with Crippen LogP contribution < -0.4 is 0 Å². The Labute approximate surface area is 146 Å². The Hall–Kier alpha value is -1.83. The SMILES string of the molecule is O=C1C(=Cc2ccc(Cl)cc2)CCCC1=Cc1ccc(Cl)cc1. The van der Waals surface area contributed by atoms with Gasteiger partial charge in [-0.05, 0) is 66.8 Å². The van der Waals surface area contributed by atoms with Gasteiger partial charge in [-0.1, -0.05) is 47.5 Å². The summed E-state index contributed by atoms with van der Waals surface area (Å²) in [6.45, 7) is 0. The van der Waals surface area contributed by atoms with E-state index in [0.29, 0.717) is 10.0 Å². The molecule has 0 bridgehead atoms. The van der Waals surface area contributed by atoms with Gasteiger partial charge in [0.05, 0.1) is 0 Å². The van der Waals surface area contributed by atoms with Crippen molar-refractivity contribution >= 4 is 41.1 Å². The zero-order valence-corrected chi connectivity index (χ0v) is 14.1. The fraction of sp³-hybridized carbons (Fsp3) is 0.150. The van der Waals surface area contributed by atoms with Gasteiger partial charge >= 0.3 is 0 Å². The molecule has 0 radical (unpaired) electrons. The van der Waals surface area contributed by atoms with Crippen molar-refractivity contribution < 1.29 is 4.79 Å². The van der Waals surface area contributed by atoms with Crippen LogP contribution in [-0.4, -0.2) is 5.78 Å². The van der Waals surface area contributed by atoms with Crippen LogP contribution in [0.25, 0.3) is 12.2 Å². The monoisotopic (exact) mass is 342 g/mol. The zero-order chi connectivity index (χ0) is 16.2.